The molecular formula is C22H21NO5. The van der Waals surface area contributed by atoms with Gasteiger partial charge in [-0.05, 0) is 49.8 Å². The summed E-state index contributed by atoms with van der Waals surface area (Å²) in [5.41, 5.74) is 3.27. The summed E-state index contributed by atoms with van der Waals surface area (Å²) in [5.74, 6) is -0.648. The quantitative estimate of drug-likeness (QED) is 0.649. The van der Waals surface area contributed by atoms with Gasteiger partial charge in [0.25, 0.3) is 5.91 Å². The zero-order valence-electron chi connectivity index (χ0n) is 16.1. The molecule has 1 aliphatic heterocycles. The average Bonchev–Trinajstić information content (AvgIpc) is 2.93. The fraction of sp³-hybridized carbons (Fsp3) is 0.182. The molecule has 1 aliphatic rings. The Hall–Kier alpha value is -3.54. The van der Waals surface area contributed by atoms with Crippen LogP contribution < -0.4 is 9.64 Å². The molecule has 2 aromatic carbocycles. The van der Waals surface area contributed by atoms with E-state index in [9.17, 15) is 14.7 Å². The third-order valence-electron chi connectivity index (χ3n) is 4.60. The first kappa shape index (κ1) is 19.2. The number of carbonyl (C=O) groups excluding carboxylic acids is 2. The maximum absolute atomic E-state index is 13.2. The van der Waals surface area contributed by atoms with Crippen molar-refractivity contribution >= 4 is 23.6 Å². The summed E-state index contributed by atoms with van der Waals surface area (Å²) in [7, 11) is 2.72. The van der Waals surface area contributed by atoms with Gasteiger partial charge >= 0.3 is 5.97 Å². The summed E-state index contributed by atoms with van der Waals surface area (Å²) in [6.45, 7) is 3.67. The first-order valence-electron chi connectivity index (χ1n) is 8.66. The molecule has 6 nitrogen and oxygen atoms in total. The summed E-state index contributed by atoms with van der Waals surface area (Å²) in [6, 6.07) is 12.2. The topological polar surface area (TPSA) is 76.1 Å². The second-order valence-electron chi connectivity index (χ2n) is 6.42. The minimum atomic E-state index is -0.586. The molecule has 1 N–H and O–H groups in total. The third-order valence-corrected chi connectivity index (χ3v) is 4.60. The Bertz CT molecular complexity index is 1000. The number of phenolic OH excluding ortho intramolecular Hbond substituents is 1. The van der Waals surface area contributed by atoms with Crippen molar-refractivity contribution in [1.82, 2.24) is 0 Å². The van der Waals surface area contributed by atoms with Crippen LogP contribution in [-0.2, 0) is 14.3 Å². The molecule has 1 heterocycles. The van der Waals surface area contributed by atoms with Crippen LogP contribution in [0.5, 0.6) is 11.5 Å². The van der Waals surface area contributed by atoms with Gasteiger partial charge in [-0.15, -0.1) is 0 Å². The van der Waals surface area contributed by atoms with E-state index in [1.54, 1.807) is 25.1 Å². The number of ether oxygens (including phenoxy) is 2. The second-order valence-corrected chi connectivity index (χ2v) is 6.42. The Morgan fingerprint density at radius 1 is 1.07 bits per heavy atom. The highest BCUT2D eigenvalue weighted by Gasteiger charge is 2.37. The zero-order chi connectivity index (χ0) is 20.4. The number of phenols is 1. The van der Waals surface area contributed by atoms with Crippen molar-refractivity contribution in [3.05, 3.63) is 70.4 Å². The van der Waals surface area contributed by atoms with Crippen LogP contribution in [0.3, 0.4) is 0 Å². The fourth-order valence-electron chi connectivity index (χ4n) is 3.14. The zero-order valence-corrected chi connectivity index (χ0v) is 16.1. The summed E-state index contributed by atoms with van der Waals surface area (Å²) in [6.07, 6.45) is 1.59. The number of carbonyl (C=O) groups is 2. The van der Waals surface area contributed by atoms with Gasteiger partial charge in [-0.1, -0.05) is 23.8 Å². The van der Waals surface area contributed by atoms with Gasteiger partial charge in [0.1, 0.15) is 0 Å². The lowest BCUT2D eigenvalue weighted by Crippen LogP contribution is -2.24. The number of benzene rings is 2. The number of anilines is 1. The van der Waals surface area contributed by atoms with E-state index < -0.39 is 5.97 Å². The molecule has 3 rings (SSSR count). The van der Waals surface area contributed by atoms with Crippen LogP contribution in [-0.4, -0.2) is 31.2 Å². The summed E-state index contributed by atoms with van der Waals surface area (Å²) in [4.78, 5) is 27.1. The van der Waals surface area contributed by atoms with Crippen LogP contribution in [0.4, 0.5) is 5.69 Å². The number of allylic oxidation sites excluding steroid dienone is 1. The lowest BCUT2D eigenvalue weighted by atomic mass is 10.0. The predicted molar refractivity (Wildman–Crippen MR) is 106 cm³/mol. The minimum absolute atomic E-state index is 0.0106. The van der Waals surface area contributed by atoms with Gasteiger partial charge in [0.15, 0.2) is 11.5 Å². The maximum Gasteiger partial charge on any atom is 0.340 e. The van der Waals surface area contributed by atoms with Crippen LogP contribution >= 0.6 is 0 Å². The third kappa shape index (κ3) is 3.36. The number of aromatic hydroxyl groups is 1. The number of hydrogen-bond donors (Lipinski definition) is 1. The van der Waals surface area contributed by atoms with Crippen LogP contribution in [0, 0.1) is 6.92 Å². The van der Waals surface area contributed by atoms with Crippen LogP contribution in [0.25, 0.3) is 6.08 Å². The Morgan fingerprint density at radius 3 is 2.36 bits per heavy atom. The van der Waals surface area contributed by atoms with E-state index >= 15 is 0 Å². The first-order chi connectivity index (χ1) is 13.4. The van der Waals surface area contributed by atoms with Crippen LogP contribution in [0.1, 0.15) is 18.1 Å². The monoisotopic (exact) mass is 379 g/mol. The molecule has 0 fully saturated rings. The van der Waals surface area contributed by atoms with E-state index in [-0.39, 0.29) is 28.6 Å². The van der Waals surface area contributed by atoms with Crippen molar-refractivity contribution in [2.75, 3.05) is 19.1 Å². The van der Waals surface area contributed by atoms with Crippen molar-refractivity contribution < 1.29 is 24.2 Å². The van der Waals surface area contributed by atoms with Gasteiger partial charge in [-0.2, -0.15) is 0 Å². The van der Waals surface area contributed by atoms with Crippen molar-refractivity contribution in [3.63, 3.8) is 0 Å². The molecular weight excluding hydrogens is 358 g/mol. The van der Waals surface area contributed by atoms with Crippen molar-refractivity contribution in [2.24, 2.45) is 0 Å². The standard InChI is InChI=1S/C22H21NO5/c1-13-5-8-16(9-6-13)23-14(2)20(22(26)28-4)17(21(23)25)11-15-7-10-18(24)19(12-15)27-3/h5-12,24H,1-4H3/b17-11-. The molecule has 6 heteroatoms. The Kier molecular flexibility index (Phi) is 5.22. The molecule has 0 spiro atoms. The number of hydrogen-bond acceptors (Lipinski definition) is 5. The van der Waals surface area contributed by atoms with E-state index in [2.05, 4.69) is 0 Å². The smallest absolute Gasteiger partial charge is 0.340 e. The maximum atomic E-state index is 13.2. The normalized spacial score (nSPS) is 15.4. The molecule has 2 aromatic rings. The van der Waals surface area contributed by atoms with Crippen molar-refractivity contribution in [3.8, 4) is 11.5 Å². The van der Waals surface area contributed by atoms with E-state index in [1.165, 1.54) is 25.2 Å². The summed E-state index contributed by atoms with van der Waals surface area (Å²) >= 11 is 0. The molecule has 0 saturated carbocycles. The Balaban J connectivity index is 2.13. The predicted octanol–water partition coefficient (Wildman–Crippen LogP) is 3.59. The fourth-order valence-corrected chi connectivity index (χ4v) is 3.14. The lowest BCUT2D eigenvalue weighted by molar-refractivity contribution is -0.136. The lowest BCUT2D eigenvalue weighted by Gasteiger charge is -2.18. The molecule has 0 saturated heterocycles. The highest BCUT2D eigenvalue weighted by atomic mass is 16.5. The van der Waals surface area contributed by atoms with Gasteiger partial charge in [0.2, 0.25) is 0 Å². The molecule has 0 unspecified atom stereocenters. The highest BCUT2D eigenvalue weighted by molar-refractivity contribution is 6.23. The SMILES string of the molecule is COC(=O)C1=C(C)N(c2ccc(C)cc2)C(=O)/C1=C\c1ccc(O)c(OC)c1. The Labute approximate surface area is 163 Å². The average molecular weight is 379 g/mol. The van der Waals surface area contributed by atoms with Gasteiger partial charge in [-0.25, -0.2) is 4.79 Å². The molecule has 28 heavy (non-hydrogen) atoms. The largest absolute Gasteiger partial charge is 0.504 e. The first-order valence-corrected chi connectivity index (χ1v) is 8.66. The molecule has 0 aromatic heterocycles. The van der Waals surface area contributed by atoms with Gasteiger partial charge < -0.3 is 14.6 Å². The number of esters is 1. The minimum Gasteiger partial charge on any atom is -0.504 e. The van der Waals surface area contributed by atoms with Crippen molar-refractivity contribution in [1.29, 1.82) is 0 Å². The van der Waals surface area contributed by atoms with E-state index in [1.807, 2.05) is 31.2 Å². The number of nitrogens with zero attached hydrogens (tertiary/aromatic N) is 1. The summed E-state index contributed by atoms with van der Waals surface area (Å²) in [5, 5.41) is 9.78. The summed E-state index contributed by atoms with van der Waals surface area (Å²) < 4.78 is 10.0. The number of rotatable bonds is 4. The molecule has 144 valence electrons. The van der Waals surface area contributed by atoms with E-state index in [4.69, 9.17) is 9.47 Å². The van der Waals surface area contributed by atoms with Crippen LogP contribution in [0.2, 0.25) is 0 Å². The molecule has 0 bridgehead atoms. The highest BCUT2D eigenvalue weighted by Crippen LogP contribution is 2.36. The molecule has 0 aliphatic carbocycles. The van der Waals surface area contributed by atoms with Crippen molar-refractivity contribution in [2.45, 2.75) is 13.8 Å². The number of amides is 1. The Morgan fingerprint density at radius 2 is 1.75 bits per heavy atom. The van der Waals surface area contributed by atoms with E-state index in [0.29, 0.717) is 16.9 Å². The molecule has 0 radical (unpaired) electrons. The van der Waals surface area contributed by atoms with Gasteiger partial charge in [-0.3, -0.25) is 9.69 Å². The van der Waals surface area contributed by atoms with E-state index in [0.717, 1.165) is 5.56 Å². The molecule has 1 amide bonds. The number of aryl methyl sites for hydroxylation is 1. The molecule has 0 atom stereocenters. The van der Waals surface area contributed by atoms with Crippen LogP contribution in [0.15, 0.2) is 59.3 Å². The number of methoxy groups -OCH3 is 2. The second kappa shape index (κ2) is 7.60. The van der Waals surface area contributed by atoms with Gasteiger partial charge in [0.05, 0.1) is 25.4 Å². The van der Waals surface area contributed by atoms with Gasteiger partial charge in [0, 0.05) is 11.4 Å².